The van der Waals surface area contributed by atoms with Gasteiger partial charge in [0.25, 0.3) is 0 Å². The molecule has 0 saturated carbocycles. The van der Waals surface area contributed by atoms with Crippen LogP contribution < -0.4 is 21.7 Å². The lowest BCUT2D eigenvalue weighted by molar-refractivity contribution is 0.249. The van der Waals surface area contributed by atoms with Crippen LogP contribution in [0.3, 0.4) is 0 Å². The number of anilines is 1. The molecule has 2 aromatic rings. The third kappa shape index (κ3) is 3.19. The van der Waals surface area contributed by atoms with Crippen molar-refractivity contribution >= 4 is 18.1 Å². The van der Waals surface area contributed by atoms with Gasteiger partial charge in [0, 0.05) is 19.3 Å². The number of hydrogen-bond donors (Lipinski definition) is 2. The highest BCUT2D eigenvalue weighted by molar-refractivity contribution is 5.41. The zero-order chi connectivity index (χ0) is 15.2. The summed E-state index contributed by atoms with van der Waals surface area (Å²) < 4.78 is 7.05. The van der Waals surface area contributed by atoms with E-state index in [1.165, 1.54) is 6.20 Å². The van der Waals surface area contributed by atoms with E-state index in [0.29, 0.717) is 34.7 Å². The fraction of sp³-hybridized carbons (Fsp3) is 0.214. The van der Waals surface area contributed by atoms with Gasteiger partial charge in [0.05, 0.1) is 29.7 Å². The molecule has 0 unspecified atom stereocenters. The zero-order valence-electron chi connectivity index (χ0n) is 12.1. The molecule has 7 heteroatoms. The summed E-state index contributed by atoms with van der Waals surface area (Å²) in [6, 6.07) is 0. The molecule has 0 atom stereocenters. The van der Waals surface area contributed by atoms with Gasteiger partial charge in [0.2, 0.25) is 0 Å². The lowest BCUT2D eigenvalue weighted by Crippen LogP contribution is -2.31. The van der Waals surface area contributed by atoms with E-state index in [2.05, 4.69) is 26.8 Å². The van der Waals surface area contributed by atoms with Gasteiger partial charge >= 0.3 is 0 Å². The topological polar surface area (TPSA) is 90.9 Å². The largest absolute Gasteiger partial charge is 0.494 e. The molecule has 0 aromatic carbocycles. The monoisotopic (exact) mass is 286 g/mol. The number of ether oxygens (including phenoxy) is 1. The fourth-order valence-corrected chi connectivity index (χ4v) is 1.80. The Hall–Kier alpha value is -2.83. The maximum atomic E-state index is 5.71. The first-order chi connectivity index (χ1) is 10.2. The van der Waals surface area contributed by atoms with Crippen molar-refractivity contribution in [3.05, 3.63) is 41.8 Å². The van der Waals surface area contributed by atoms with Crippen molar-refractivity contribution in [2.45, 2.75) is 6.92 Å². The molecule has 21 heavy (non-hydrogen) atoms. The standard InChI is InChI=1S/C14H18N6O/c1-4-21-10(2)5-11-12(6-15)20(9-18-11)14-8-17-7-13(16-3)19-14/h5-9H,2,4,15H2,1,3H3,(H,16,19)/b11-5+,12-6+. The Bertz CT molecular complexity index is 749. The Morgan fingerprint density at radius 3 is 3.00 bits per heavy atom. The molecule has 0 radical (unpaired) electrons. The Morgan fingerprint density at radius 2 is 2.33 bits per heavy atom. The predicted octanol–water partition coefficient (Wildman–Crippen LogP) is -0.269. The summed E-state index contributed by atoms with van der Waals surface area (Å²) in [5, 5.41) is 4.29. The van der Waals surface area contributed by atoms with Crippen LogP contribution in [0.4, 0.5) is 5.82 Å². The second-order valence-electron chi connectivity index (χ2n) is 4.11. The van der Waals surface area contributed by atoms with Crippen LogP contribution in [0.25, 0.3) is 18.1 Å². The molecule has 2 rings (SSSR count). The van der Waals surface area contributed by atoms with Crippen molar-refractivity contribution in [2.24, 2.45) is 5.73 Å². The molecular weight excluding hydrogens is 268 g/mol. The van der Waals surface area contributed by atoms with E-state index in [1.807, 2.05) is 6.92 Å². The molecule has 0 spiro atoms. The molecule has 110 valence electrons. The quantitative estimate of drug-likeness (QED) is 0.735. The maximum Gasteiger partial charge on any atom is 0.159 e. The smallest absolute Gasteiger partial charge is 0.159 e. The highest BCUT2D eigenvalue weighted by atomic mass is 16.5. The number of rotatable bonds is 5. The van der Waals surface area contributed by atoms with E-state index in [-0.39, 0.29) is 0 Å². The first kappa shape index (κ1) is 14.6. The number of allylic oxidation sites excluding steroid dienone is 1. The van der Waals surface area contributed by atoms with Crippen molar-refractivity contribution in [3.63, 3.8) is 0 Å². The van der Waals surface area contributed by atoms with E-state index in [0.717, 1.165) is 0 Å². The van der Waals surface area contributed by atoms with Gasteiger partial charge in [-0.3, -0.25) is 9.55 Å². The third-order valence-corrected chi connectivity index (χ3v) is 2.74. The molecule has 0 saturated heterocycles. The molecule has 2 aromatic heterocycles. The molecule has 0 fully saturated rings. The van der Waals surface area contributed by atoms with Crippen LogP contribution in [0.15, 0.2) is 31.1 Å². The van der Waals surface area contributed by atoms with Gasteiger partial charge in [0.15, 0.2) is 5.82 Å². The van der Waals surface area contributed by atoms with Crippen molar-refractivity contribution in [1.29, 1.82) is 0 Å². The van der Waals surface area contributed by atoms with Gasteiger partial charge in [-0.15, -0.1) is 0 Å². The summed E-state index contributed by atoms with van der Waals surface area (Å²) in [4.78, 5) is 12.8. The van der Waals surface area contributed by atoms with Crippen molar-refractivity contribution in [1.82, 2.24) is 19.5 Å². The van der Waals surface area contributed by atoms with Gasteiger partial charge < -0.3 is 15.8 Å². The summed E-state index contributed by atoms with van der Waals surface area (Å²) in [5.41, 5.74) is 5.71. The van der Waals surface area contributed by atoms with Crippen LogP contribution in [0.5, 0.6) is 0 Å². The average Bonchev–Trinajstić information content (AvgIpc) is 2.90. The number of nitrogens with one attached hydrogen (secondary N) is 1. The van der Waals surface area contributed by atoms with E-state index < -0.39 is 0 Å². The second-order valence-corrected chi connectivity index (χ2v) is 4.11. The van der Waals surface area contributed by atoms with Gasteiger partial charge in [-0.05, 0) is 6.92 Å². The summed E-state index contributed by atoms with van der Waals surface area (Å²) >= 11 is 0. The first-order valence-electron chi connectivity index (χ1n) is 6.48. The van der Waals surface area contributed by atoms with Crippen LogP contribution in [0.2, 0.25) is 0 Å². The lowest BCUT2D eigenvalue weighted by atomic mass is 10.4. The highest BCUT2D eigenvalue weighted by Crippen LogP contribution is 2.03. The fourth-order valence-electron chi connectivity index (χ4n) is 1.80. The minimum Gasteiger partial charge on any atom is -0.494 e. The number of hydrogen-bond acceptors (Lipinski definition) is 6. The van der Waals surface area contributed by atoms with Crippen LogP contribution >= 0.6 is 0 Å². The Morgan fingerprint density at radius 1 is 1.52 bits per heavy atom. The first-order valence-corrected chi connectivity index (χ1v) is 6.48. The molecule has 0 aliphatic carbocycles. The zero-order valence-corrected chi connectivity index (χ0v) is 12.1. The van der Waals surface area contributed by atoms with Crippen LogP contribution in [-0.4, -0.2) is 33.2 Å². The van der Waals surface area contributed by atoms with Crippen LogP contribution in [0, 0.1) is 0 Å². The van der Waals surface area contributed by atoms with Gasteiger partial charge in [0.1, 0.15) is 17.9 Å². The minimum absolute atomic E-state index is 0.529. The van der Waals surface area contributed by atoms with E-state index in [4.69, 9.17) is 10.5 Å². The maximum absolute atomic E-state index is 5.71. The molecule has 7 nitrogen and oxygen atoms in total. The summed E-state index contributed by atoms with van der Waals surface area (Å²) in [5.74, 6) is 1.81. The van der Waals surface area contributed by atoms with E-state index >= 15 is 0 Å². The van der Waals surface area contributed by atoms with Gasteiger partial charge in [-0.2, -0.15) is 0 Å². The Kier molecular flexibility index (Phi) is 4.55. The van der Waals surface area contributed by atoms with Crippen molar-refractivity contribution in [3.8, 4) is 5.82 Å². The van der Waals surface area contributed by atoms with Gasteiger partial charge in [-0.25, -0.2) is 9.97 Å². The Balaban J connectivity index is 2.52. The summed E-state index contributed by atoms with van der Waals surface area (Å²) in [6.07, 6.45) is 8.10. The Labute approximate surface area is 122 Å². The molecular formula is C14H18N6O. The third-order valence-electron chi connectivity index (χ3n) is 2.74. The molecule has 0 bridgehead atoms. The highest BCUT2D eigenvalue weighted by Gasteiger charge is 2.04. The molecule has 2 heterocycles. The lowest BCUT2D eigenvalue weighted by Gasteiger charge is -2.03. The predicted molar refractivity (Wildman–Crippen MR) is 81.8 cm³/mol. The van der Waals surface area contributed by atoms with E-state index in [1.54, 1.807) is 36.4 Å². The minimum atomic E-state index is 0.529. The van der Waals surface area contributed by atoms with Crippen LogP contribution in [-0.2, 0) is 4.74 Å². The van der Waals surface area contributed by atoms with E-state index in [9.17, 15) is 0 Å². The molecule has 3 N–H and O–H groups in total. The van der Waals surface area contributed by atoms with Crippen LogP contribution in [0.1, 0.15) is 6.92 Å². The number of aromatic nitrogens is 4. The summed E-state index contributed by atoms with van der Waals surface area (Å²) in [6.45, 7) is 6.25. The van der Waals surface area contributed by atoms with Crippen molar-refractivity contribution < 1.29 is 4.74 Å². The normalized spacial score (nSPS) is 12.5. The van der Waals surface area contributed by atoms with Gasteiger partial charge in [-0.1, -0.05) is 6.58 Å². The summed E-state index contributed by atoms with van der Waals surface area (Å²) in [7, 11) is 1.78. The average molecular weight is 286 g/mol. The second kappa shape index (κ2) is 6.56. The molecule has 0 amide bonds. The number of imidazole rings is 1. The number of nitrogens with two attached hydrogens (primary N) is 1. The molecule has 0 aliphatic rings. The molecule has 0 aliphatic heterocycles. The number of nitrogens with zero attached hydrogens (tertiary/aromatic N) is 4. The van der Waals surface area contributed by atoms with Crippen molar-refractivity contribution in [2.75, 3.05) is 19.0 Å². The SMILES string of the molecule is C=C(/C=c1/ncn(-c2cncc(NC)n2)/c1=C/N)OCC.